The highest BCUT2D eigenvalue weighted by Gasteiger charge is 2.33. The Morgan fingerprint density at radius 1 is 1.38 bits per heavy atom. The number of hydrogen-bond donors (Lipinski definition) is 2. The second kappa shape index (κ2) is 7.79. The molecule has 2 N–H and O–H groups in total. The van der Waals surface area contributed by atoms with Crippen LogP contribution in [0.15, 0.2) is 16.6 Å². The van der Waals surface area contributed by atoms with Gasteiger partial charge in [-0.05, 0) is 41.0 Å². The molecule has 1 aliphatic heterocycles. The fourth-order valence-electron chi connectivity index (χ4n) is 2.19. The first-order valence-corrected chi connectivity index (χ1v) is 8.35. The molecule has 0 bridgehead atoms. The van der Waals surface area contributed by atoms with Crippen molar-refractivity contribution < 1.29 is 9.53 Å². The minimum atomic E-state index is -0.227. The normalized spacial score (nSPS) is 21.5. The minimum absolute atomic E-state index is 0.0367. The highest BCUT2D eigenvalue weighted by molar-refractivity contribution is 9.10. The molecule has 0 saturated carbocycles. The van der Waals surface area contributed by atoms with Crippen LogP contribution in [-0.2, 0) is 9.53 Å². The number of amides is 1. The molecule has 0 radical (unpaired) electrons. The van der Waals surface area contributed by atoms with Crippen LogP contribution >= 0.6 is 39.1 Å². The van der Waals surface area contributed by atoms with Gasteiger partial charge in [-0.2, -0.15) is 0 Å². The molecule has 1 amide bonds. The predicted octanol–water partition coefficient (Wildman–Crippen LogP) is 3.71. The SMILES string of the molecule is CCCNC1COCC1C(=O)Nc1ccc(Br)c(Cl)c1Cl. The summed E-state index contributed by atoms with van der Waals surface area (Å²) in [6.07, 6.45) is 1.01. The van der Waals surface area contributed by atoms with Gasteiger partial charge in [0.25, 0.3) is 0 Å². The average Bonchev–Trinajstić information content (AvgIpc) is 2.94. The van der Waals surface area contributed by atoms with E-state index in [4.69, 9.17) is 27.9 Å². The van der Waals surface area contributed by atoms with Gasteiger partial charge < -0.3 is 15.4 Å². The first kappa shape index (κ1) is 17.0. The predicted molar refractivity (Wildman–Crippen MR) is 89.2 cm³/mol. The molecule has 21 heavy (non-hydrogen) atoms. The Bertz CT molecular complexity index is 528. The molecule has 1 saturated heterocycles. The maximum atomic E-state index is 12.4. The summed E-state index contributed by atoms with van der Waals surface area (Å²) >= 11 is 15.5. The Morgan fingerprint density at radius 3 is 2.86 bits per heavy atom. The number of nitrogens with one attached hydrogen (secondary N) is 2. The van der Waals surface area contributed by atoms with Gasteiger partial charge in [0.2, 0.25) is 5.91 Å². The van der Waals surface area contributed by atoms with Crippen molar-refractivity contribution in [2.45, 2.75) is 19.4 Å². The second-order valence-corrected chi connectivity index (χ2v) is 6.53. The third-order valence-electron chi connectivity index (χ3n) is 3.37. The van der Waals surface area contributed by atoms with Gasteiger partial charge in [-0.1, -0.05) is 30.1 Å². The van der Waals surface area contributed by atoms with Crippen molar-refractivity contribution in [3.63, 3.8) is 0 Å². The Labute approximate surface area is 142 Å². The molecule has 0 aliphatic carbocycles. The molecule has 116 valence electrons. The lowest BCUT2D eigenvalue weighted by molar-refractivity contribution is -0.120. The van der Waals surface area contributed by atoms with E-state index in [1.165, 1.54) is 0 Å². The molecule has 1 aliphatic rings. The summed E-state index contributed by atoms with van der Waals surface area (Å²) in [4.78, 5) is 12.4. The van der Waals surface area contributed by atoms with E-state index in [0.717, 1.165) is 13.0 Å². The lowest BCUT2D eigenvalue weighted by Crippen LogP contribution is -2.41. The number of carbonyl (C=O) groups is 1. The number of halogens is 3. The van der Waals surface area contributed by atoms with Crippen LogP contribution < -0.4 is 10.6 Å². The molecule has 1 heterocycles. The van der Waals surface area contributed by atoms with Crippen LogP contribution in [-0.4, -0.2) is 31.7 Å². The first-order valence-electron chi connectivity index (χ1n) is 6.80. The van der Waals surface area contributed by atoms with Gasteiger partial charge in [0, 0.05) is 10.5 Å². The van der Waals surface area contributed by atoms with Crippen molar-refractivity contribution in [1.29, 1.82) is 0 Å². The van der Waals surface area contributed by atoms with Gasteiger partial charge >= 0.3 is 0 Å². The van der Waals surface area contributed by atoms with Crippen LogP contribution in [0.1, 0.15) is 13.3 Å². The topological polar surface area (TPSA) is 50.4 Å². The molecule has 1 fully saturated rings. The molecular formula is C14H17BrCl2N2O2. The van der Waals surface area contributed by atoms with Crippen LogP contribution in [0.25, 0.3) is 0 Å². The molecule has 1 aromatic rings. The molecule has 1 aromatic carbocycles. The lowest BCUT2D eigenvalue weighted by atomic mass is 10.0. The zero-order chi connectivity index (χ0) is 15.4. The third kappa shape index (κ3) is 4.11. The second-order valence-electron chi connectivity index (χ2n) is 4.92. The zero-order valence-electron chi connectivity index (χ0n) is 11.6. The molecule has 7 heteroatoms. The summed E-state index contributed by atoms with van der Waals surface area (Å²) in [6, 6.07) is 3.51. The third-order valence-corrected chi connectivity index (χ3v) is 5.14. The summed E-state index contributed by atoms with van der Waals surface area (Å²) in [7, 11) is 0. The maximum Gasteiger partial charge on any atom is 0.231 e. The Balaban J connectivity index is 2.05. The van der Waals surface area contributed by atoms with Crippen molar-refractivity contribution in [2.24, 2.45) is 5.92 Å². The quantitative estimate of drug-likeness (QED) is 0.747. The highest BCUT2D eigenvalue weighted by atomic mass is 79.9. The van der Waals surface area contributed by atoms with E-state index < -0.39 is 0 Å². The minimum Gasteiger partial charge on any atom is -0.379 e. The largest absolute Gasteiger partial charge is 0.379 e. The summed E-state index contributed by atoms with van der Waals surface area (Å²) < 4.78 is 6.10. The number of ether oxygens (including phenoxy) is 1. The highest BCUT2D eigenvalue weighted by Crippen LogP contribution is 2.36. The van der Waals surface area contributed by atoms with E-state index in [1.807, 2.05) is 0 Å². The van der Waals surface area contributed by atoms with Gasteiger partial charge in [0.15, 0.2) is 0 Å². The molecule has 2 rings (SSSR count). The van der Waals surface area contributed by atoms with Crippen LogP contribution in [0.3, 0.4) is 0 Å². The van der Waals surface area contributed by atoms with E-state index in [9.17, 15) is 4.79 Å². The van der Waals surface area contributed by atoms with Crippen molar-refractivity contribution in [2.75, 3.05) is 25.1 Å². The smallest absolute Gasteiger partial charge is 0.231 e. The summed E-state index contributed by atoms with van der Waals surface area (Å²) in [5.74, 6) is -0.337. The molecule has 2 atom stereocenters. The number of rotatable bonds is 5. The van der Waals surface area contributed by atoms with Gasteiger partial charge in [-0.3, -0.25) is 4.79 Å². The number of benzene rings is 1. The number of carbonyl (C=O) groups excluding carboxylic acids is 1. The fourth-order valence-corrected chi connectivity index (χ4v) is 3.01. The summed E-state index contributed by atoms with van der Waals surface area (Å²) in [6.45, 7) is 3.91. The standard InChI is InChI=1S/C14H17BrCl2N2O2/c1-2-5-18-11-7-21-6-8(11)14(20)19-10-4-3-9(15)12(16)13(10)17/h3-4,8,11,18H,2,5-7H2,1H3,(H,19,20). The van der Waals surface area contributed by atoms with Crippen LogP contribution in [0.4, 0.5) is 5.69 Å². The molecule has 4 nitrogen and oxygen atoms in total. The van der Waals surface area contributed by atoms with Gasteiger partial charge in [0.1, 0.15) is 0 Å². The van der Waals surface area contributed by atoms with Gasteiger partial charge in [0.05, 0.1) is 34.9 Å². The Hall–Kier alpha value is -0.330. The van der Waals surface area contributed by atoms with E-state index in [-0.39, 0.29) is 17.9 Å². The number of hydrogen-bond acceptors (Lipinski definition) is 3. The summed E-state index contributed by atoms with van der Waals surface area (Å²) in [5.41, 5.74) is 0.510. The number of anilines is 1. The van der Waals surface area contributed by atoms with Gasteiger partial charge in [-0.25, -0.2) is 0 Å². The van der Waals surface area contributed by atoms with Crippen molar-refractivity contribution in [3.8, 4) is 0 Å². The van der Waals surface area contributed by atoms with Crippen LogP contribution in [0, 0.1) is 5.92 Å². The van der Waals surface area contributed by atoms with Crippen molar-refractivity contribution in [3.05, 3.63) is 26.7 Å². The molecule has 0 spiro atoms. The zero-order valence-corrected chi connectivity index (χ0v) is 14.7. The fraction of sp³-hybridized carbons (Fsp3) is 0.500. The summed E-state index contributed by atoms with van der Waals surface area (Å²) in [5, 5.41) is 6.88. The van der Waals surface area contributed by atoms with E-state index >= 15 is 0 Å². The Kier molecular flexibility index (Phi) is 6.32. The molecule has 0 aromatic heterocycles. The van der Waals surface area contributed by atoms with E-state index in [0.29, 0.717) is 33.4 Å². The lowest BCUT2D eigenvalue weighted by Gasteiger charge is -2.19. The average molecular weight is 396 g/mol. The molecule has 2 unspecified atom stereocenters. The maximum absolute atomic E-state index is 12.4. The van der Waals surface area contributed by atoms with E-state index in [2.05, 4.69) is 33.5 Å². The van der Waals surface area contributed by atoms with Crippen molar-refractivity contribution in [1.82, 2.24) is 5.32 Å². The van der Waals surface area contributed by atoms with E-state index in [1.54, 1.807) is 12.1 Å². The van der Waals surface area contributed by atoms with Crippen LogP contribution in [0.5, 0.6) is 0 Å². The van der Waals surface area contributed by atoms with Crippen LogP contribution in [0.2, 0.25) is 10.0 Å². The molecular weight excluding hydrogens is 379 g/mol. The Morgan fingerprint density at radius 2 is 2.14 bits per heavy atom. The van der Waals surface area contributed by atoms with Crippen molar-refractivity contribution >= 4 is 50.7 Å². The monoisotopic (exact) mass is 394 g/mol. The first-order chi connectivity index (χ1) is 10.0. The van der Waals surface area contributed by atoms with Gasteiger partial charge in [-0.15, -0.1) is 0 Å².